The number of carbonyl (C=O) groups excluding carboxylic acids is 1. The molecule has 0 spiro atoms. The molecule has 0 aromatic carbocycles. The van der Waals surface area contributed by atoms with Crippen molar-refractivity contribution in [2.75, 3.05) is 12.4 Å². The van der Waals surface area contributed by atoms with Crippen LogP contribution in [0.25, 0.3) is 0 Å². The molecular formula is C10H14N4O2. The number of rotatable bonds is 4. The second-order valence-corrected chi connectivity index (χ2v) is 3.84. The molecular weight excluding hydrogens is 208 g/mol. The zero-order chi connectivity index (χ0) is 11.5. The summed E-state index contributed by atoms with van der Waals surface area (Å²) in [7, 11) is 1.71. The van der Waals surface area contributed by atoms with Gasteiger partial charge in [-0.05, 0) is 25.0 Å². The van der Waals surface area contributed by atoms with Crippen LogP contribution in [-0.2, 0) is 4.74 Å². The van der Waals surface area contributed by atoms with Crippen LogP contribution in [0.5, 0.6) is 0 Å². The molecule has 6 nitrogen and oxygen atoms in total. The van der Waals surface area contributed by atoms with E-state index in [0.29, 0.717) is 18.0 Å². The molecule has 0 bridgehead atoms. The highest BCUT2D eigenvalue weighted by molar-refractivity contribution is 5.90. The van der Waals surface area contributed by atoms with E-state index in [-0.39, 0.29) is 5.69 Å². The number of hydrogen-bond acceptors (Lipinski definition) is 5. The predicted octanol–water partition coefficient (Wildman–Crippen LogP) is 0.165. The maximum absolute atomic E-state index is 10.8. The predicted molar refractivity (Wildman–Crippen MR) is 58.0 cm³/mol. The molecule has 1 amide bonds. The molecule has 1 saturated carbocycles. The van der Waals surface area contributed by atoms with Gasteiger partial charge in [0.1, 0.15) is 5.82 Å². The zero-order valence-corrected chi connectivity index (χ0v) is 9.01. The van der Waals surface area contributed by atoms with Gasteiger partial charge in [0.25, 0.3) is 5.91 Å². The van der Waals surface area contributed by atoms with Crippen molar-refractivity contribution < 1.29 is 9.53 Å². The third-order valence-electron chi connectivity index (χ3n) is 2.70. The molecule has 1 aromatic rings. The lowest BCUT2D eigenvalue weighted by Gasteiger charge is -2.34. The fourth-order valence-electron chi connectivity index (χ4n) is 1.63. The Morgan fingerprint density at radius 1 is 1.50 bits per heavy atom. The van der Waals surface area contributed by atoms with E-state index < -0.39 is 5.91 Å². The minimum atomic E-state index is -0.567. The van der Waals surface area contributed by atoms with E-state index in [1.165, 1.54) is 0 Å². The Kier molecular flexibility index (Phi) is 3.00. The Morgan fingerprint density at radius 3 is 2.75 bits per heavy atom. The van der Waals surface area contributed by atoms with Crippen LogP contribution in [0.15, 0.2) is 12.1 Å². The largest absolute Gasteiger partial charge is 0.381 e. The normalized spacial score (nSPS) is 23.6. The van der Waals surface area contributed by atoms with Crippen molar-refractivity contribution in [2.45, 2.75) is 25.0 Å². The quantitative estimate of drug-likeness (QED) is 0.757. The lowest BCUT2D eigenvalue weighted by atomic mass is 9.89. The van der Waals surface area contributed by atoms with Crippen LogP contribution in [-0.4, -0.2) is 35.4 Å². The molecule has 0 aliphatic heterocycles. The summed E-state index contributed by atoms with van der Waals surface area (Å²) >= 11 is 0. The molecule has 0 saturated heterocycles. The second kappa shape index (κ2) is 4.44. The number of amides is 1. The number of nitrogens with one attached hydrogen (secondary N) is 1. The summed E-state index contributed by atoms with van der Waals surface area (Å²) in [4.78, 5) is 10.8. The molecule has 0 radical (unpaired) electrons. The Labute approximate surface area is 93.2 Å². The van der Waals surface area contributed by atoms with Crippen LogP contribution < -0.4 is 11.1 Å². The highest BCUT2D eigenvalue weighted by atomic mass is 16.5. The Hall–Kier alpha value is -1.69. The summed E-state index contributed by atoms with van der Waals surface area (Å²) in [6, 6.07) is 3.64. The third kappa shape index (κ3) is 2.27. The fraction of sp³-hybridized carbons (Fsp3) is 0.500. The summed E-state index contributed by atoms with van der Waals surface area (Å²) < 4.78 is 5.17. The monoisotopic (exact) mass is 222 g/mol. The number of hydrogen-bond donors (Lipinski definition) is 2. The second-order valence-electron chi connectivity index (χ2n) is 3.84. The van der Waals surface area contributed by atoms with Gasteiger partial charge in [0.05, 0.1) is 6.10 Å². The number of methoxy groups -OCH3 is 1. The van der Waals surface area contributed by atoms with Crippen molar-refractivity contribution in [3.05, 3.63) is 17.8 Å². The number of aromatic nitrogens is 2. The van der Waals surface area contributed by atoms with Crippen molar-refractivity contribution in [2.24, 2.45) is 5.73 Å². The van der Waals surface area contributed by atoms with Gasteiger partial charge in [-0.2, -0.15) is 0 Å². The Bertz CT molecular complexity index is 373. The fourth-order valence-corrected chi connectivity index (χ4v) is 1.63. The van der Waals surface area contributed by atoms with Crippen LogP contribution in [0.2, 0.25) is 0 Å². The van der Waals surface area contributed by atoms with Gasteiger partial charge in [0, 0.05) is 13.2 Å². The number of ether oxygens (including phenoxy) is 1. The summed E-state index contributed by atoms with van der Waals surface area (Å²) in [6.45, 7) is 0. The van der Waals surface area contributed by atoms with E-state index in [4.69, 9.17) is 10.5 Å². The minimum absolute atomic E-state index is 0.175. The lowest BCUT2D eigenvalue weighted by molar-refractivity contribution is 0.0327. The number of carbonyl (C=O) groups is 1. The zero-order valence-electron chi connectivity index (χ0n) is 9.01. The van der Waals surface area contributed by atoms with Crippen molar-refractivity contribution in [3.63, 3.8) is 0 Å². The van der Waals surface area contributed by atoms with Gasteiger partial charge < -0.3 is 15.8 Å². The summed E-state index contributed by atoms with van der Waals surface area (Å²) in [5, 5.41) is 10.8. The first-order chi connectivity index (χ1) is 7.69. The van der Waals surface area contributed by atoms with E-state index in [1.807, 2.05) is 0 Å². The number of nitrogens with zero attached hydrogens (tertiary/aromatic N) is 2. The van der Waals surface area contributed by atoms with E-state index in [1.54, 1.807) is 19.2 Å². The summed E-state index contributed by atoms with van der Waals surface area (Å²) in [6.07, 6.45) is 2.28. The molecule has 1 aliphatic rings. The van der Waals surface area contributed by atoms with Crippen molar-refractivity contribution in [1.29, 1.82) is 0 Å². The van der Waals surface area contributed by atoms with Crippen LogP contribution in [0.4, 0.5) is 5.82 Å². The van der Waals surface area contributed by atoms with Crippen LogP contribution in [0.1, 0.15) is 23.3 Å². The average molecular weight is 222 g/mol. The van der Waals surface area contributed by atoms with Crippen molar-refractivity contribution in [1.82, 2.24) is 10.2 Å². The molecule has 86 valence electrons. The Morgan fingerprint density at radius 2 is 2.25 bits per heavy atom. The first-order valence-corrected chi connectivity index (χ1v) is 5.12. The van der Waals surface area contributed by atoms with Gasteiger partial charge in [-0.3, -0.25) is 4.79 Å². The maximum atomic E-state index is 10.8. The van der Waals surface area contributed by atoms with Gasteiger partial charge in [0.15, 0.2) is 5.69 Å². The van der Waals surface area contributed by atoms with Gasteiger partial charge >= 0.3 is 0 Å². The molecule has 0 atom stereocenters. The van der Waals surface area contributed by atoms with Crippen LogP contribution in [0.3, 0.4) is 0 Å². The average Bonchev–Trinajstić information content (AvgIpc) is 2.23. The van der Waals surface area contributed by atoms with E-state index in [2.05, 4.69) is 15.5 Å². The standard InChI is InChI=1S/C10H14N4O2/c1-16-7-4-6(5-7)12-9-3-2-8(10(11)15)13-14-9/h2-3,6-7H,4-5H2,1H3,(H2,11,15)(H,12,14). The van der Waals surface area contributed by atoms with Crippen LogP contribution in [0, 0.1) is 0 Å². The molecule has 1 heterocycles. The summed E-state index contributed by atoms with van der Waals surface area (Å²) in [5.74, 6) is 0.0895. The smallest absolute Gasteiger partial charge is 0.269 e. The minimum Gasteiger partial charge on any atom is -0.381 e. The first kappa shape index (κ1) is 10.8. The van der Waals surface area contributed by atoms with E-state index in [0.717, 1.165) is 12.8 Å². The molecule has 2 rings (SSSR count). The van der Waals surface area contributed by atoms with Crippen molar-refractivity contribution >= 4 is 11.7 Å². The van der Waals surface area contributed by atoms with Gasteiger partial charge in [-0.1, -0.05) is 0 Å². The van der Waals surface area contributed by atoms with Gasteiger partial charge in [-0.15, -0.1) is 10.2 Å². The Balaban J connectivity index is 1.89. The highest BCUT2D eigenvalue weighted by Crippen LogP contribution is 2.25. The molecule has 1 aromatic heterocycles. The molecule has 16 heavy (non-hydrogen) atoms. The lowest BCUT2D eigenvalue weighted by Crippen LogP contribution is -2.40. The van der Waals surface area contributed by atoms with E-state index >= 15 is 0 Å². The van der Waals surface area contributed by atoms with E-state index in [9.17, 15) is 4.79 Å². The number of anilines is 1. The third-order valence-corrected chi connectivity index (χ3v) is 2.70. The van der Waals surface area contributed by atoms with Crippen LogP contribution >= 0.6 is 0 Å². The topological polar surface area (TPSA) is 90.1 Å². The van der Waals surface area contributed by atoms with Gasteiger partial charge in [0.2, 0.25) is 0 Å². The molecule has 1 aliphatic carbocycles. The van der Waals surface area contributed by atoms with Crippen molar-refractivity contribution in [3.8, 4) is 0 Å². The number of primary amides is 1. The van der Waals surface area contributed by atoms with Gasteiger partial charge in [-0.25, -0.2) is 0 Å². The SMILES string of the molecule is COC1CC(Nc2ccc(C(N)=O)nn2)C1. The molecule has 6 heteroatoms. The number of nitrogens with two attached hydrogens (primary N) is 1. The maximum Gasteiger partial charge on any atom is 0.269 e. The first-order valence-electron chi connectivity index (χ1n) is 5.12. The molecule has 3 N–H and O–H groups in total. The summed E-state index contributed by atoms with van der Waals surface area (Å²) in [5.41, 5.74) is 5.24. The molecule has 1 fully saturated rings. The highest BCUT2D eigenvalue weighted by Gasteiger charge is 2.29. The molecule has 0 unspecified atom stereocenters.